The van der Waals surface area contributed by atoms with Crippen molar-refractivity contribution >= 4 is 5.69 Å². The van der Waals surface area contributed by atoms with Crippen LogP contribution >= 0.6 is 0 Å². The highest BCUT2D eigenvalue weighted by molar-refractivity contribution is 5.47. The maximum atomic E-state index is 5.63. The summed E-state index contributed by atoms with van der Waals surface area (Å²) in [7, 11) is 0. The first-order valence-corrected chi connectivity index (χ1v) is 6.68. The minimum absolute atomic E-state index is 0.240. The van der Waals surface area contributed by atoms with Crippen molar-refractivity contribution in [2.75, 3.05) is 5.32 Å². The van der Waals surface area contributed by atoms with Gasteiger partial charge in [-0.2, -0.15) is 0 Å². The second-order valence-electron chi connectivity index (χ2n) is 5.35. The molecule has 0 radical (unpaired) electrons. The first kappa shape index (κ1) is 12.3. The molecule has 1 aliphatic carbocycles. The predicted molar refractivity (Wildman–Crippen MR) is 72.6 cm³/mol. The van der Waals surface area contributed by atoms with E-state index < -0.39 is 0 Å². The summed E-state index contributed by atoms with van der Waals surface area (Å²) >= 11 is 0. The monoisotopic (exact) mass is 233 g/mol. The zero-order chi connectivity index (χ0) is 12.3. The fourth-order valence-electron chi connectivity index (χ4n) is 2.48. The van der Waals surface area contributed by atoms with E-state index in [1.807, 2.05) is 26.0 Å². The van der Waals surface area contributed by atoms with Crippen LogP contribution in [-0.4, -0.2) is 12.1 Å². The molecule has 1 saturated carbocycles. The second kappa shape index (κ2) is 5.44. The molecule has 0 saturated heterocycles. The van der Waals surface area contributed by atoms with E-state index in [2.05, 4.69) is 24.4 Å². The summed E-state index contributed by atoms with van der Waals surface area (Å²) in [5.74, 6) is 1.74. The Kier molecular flexibility index (Phi) is 3.93. The fraction of sp³-hybridized carbons (Fsp3) is 0.600. The maximum Gasteiger partial charge on any atom is 0.119 e. The molecule has 0 aliphatic heterocycles. The second-order valence-corrected chi connectivity index (χ2v) is 5.35. The van der Waals surface area contributed by atoms with Gasteiger partial charge in [0.15, 0.2) is 0 Å². The van der Waals surface area contributed by atoms with Crippen molar-refractivity contribution in [3.8, 4) is 5.75 Å². The van der Waals surface area contributed by atoms with Gasteiger partial charge in [-0.3, -0.25) is 0 Å². The number of rotatable bonds is 4. The van der Waals surface area contributed by atoms with Gasteiger partial charge in [-0.05, 0) is 56.9 Å². The third-order valence-electron chi connectivity index (χ3n) is 3.44. The molecule has 0 aromatic heterocycles. The minimum atomic E-state index is 0.240. The molecule has 1 aliphatic rings. The zero-order valence-corrected chi connectivity index (χ0v) is 11.1. The van der Waals surface area contributed by atoms with Crippen LogP contribution in [0.2, 0.25) is 0 Å². The number of ether oxygens (including phenoxy) is 1. The van der Waals surface area contributed by atoms with E-state index in [4.69, 9.17) is 4.74 Å². The van der Waals surface area contributed by atoms with Crippen molar-refractivity contribution in [2.45, 2.75) is 52.2 Å². The average Bonchev–Trinajstić information content (AvgIpc) is 2.67. The quantitative estimate of drug-likeness (QED) is 0.846. The van der Waals surface area contributed by atoms with Crippen LogP contribution in [-0.2, 0) is 0 Å². The molecule has 0 spiro atoms. The number of hydrogen-bond donors (Lipinski definition) is 1. The van der Waals surface area contributed by atoms with Gasteiger partial charge in [-0.1, -0.05) is 13.3 Å². The topological polar surface area (TPSA) is 21.3 Å². The van der Waals surface area contributed by atoms with E-state index in [1.165, 1.54) is 24.9 Å². The Balaban J connectivity index is 1.93. The summed E-state index contributed by atoms with van der Waals surface area (Å²) in [6.45, 7) is 6.43. The molecule has 1 N–H and O–H groups in total. The fourth-order valence-corrected chi connectivity index (χ4v) is 2.48. The van der Waals surface area contributed by atoms with Crippen LogP contribution in [0.1, 0.15) is 40.0 Å². The van der Waals surface area contributed by atoms with Crippen molar-refractivity contribution in [3.05, 3.63) is 24.3 Å². The number of nitrogens with one attached hydrogen (secondary N) is 1. The maximum absolute atomic E-state index is 5.63. The standard InChI is InChI=1S/C15H23NO/c1-11(2)17-14-9-7-13(8-10-14)16-15-6-4-5-12(15)3/h7-12,15-16H,4-6H2,1-3H3. The molecular weight excluding hydrogens is 210 g/mol. The van der Waals surface area contributed by atoms with E-state index in [9.17, 15) is 0 Å². The van der Waals surface area contributed by atoms with Gasteiger partial charge >= 0.3 is 0 Å². The van der Waals surface area contributed by atoms with Crippen molar-refractivity contribution in [2.24, 2.45) is 5.92 Å². The summed E-state index contributed by atoms with van der Waals surface area (Å²) in [6.07, 6.45) is 4.24. The average molecular weight is 233 g/mol. The minimum Gasteiger partial charge on any atom is -0.491 e. The van der Waals surface area contributed by atoms with Crippen LogP contribution in [0.25, 0.3) is 0 Å². The van der Waals surface area contributed by atoms with Gasteiger partial charge in [0.25, 0.3) is 0 Å². The zero-order valence-electron chi connectivity index (χ0n) is 11.1. The van der Waals surface area contributed by atoms with Crippen molar-refractivity contribution < 1.29 is 4.74 Å². The molecule has 0 amide bonds. The summed E-state index contributed by atoms with van der Waals surface area (Å²) in [6, 6.07) is 8.96. The summed E-state index contributed by atoms with van der Waals surface area (Å²) < 4.78 is 5.63. The SMILES string of the molecule is CC(C)Oc1ccc(NC2CCCC2C)cc1. The van der Waals surface area contributed by atoms with Crippen LogP contribution in [0.4, 0.5) is 5.69 Å². The van der Waals surface area contributed by atoms with E-state index in [0.717, 1.165) is 11.7 Å². The summed E-state index contributed by atoms with van der Waals surface area (Å²) in [4.78, 5) is 0. The summed E-state index contributed by atoms with van der Waals surface area (Å²) in [5.41, 5.74) is 1.21. The Hall–Kier alpha value is -1.18. The first-order chi connectivity index (χ1) is 8.15. The highest BCUT2D eigenvalue weighted by atomic mass is 16.5. The van der Waals surface area contributed by atoms with E-state index in [0.29, 0.717) is 6.04 Å². The van der Waals surface area contributed by atoms with Gasteiger partial charge < -0.3 is 10.1 Å². The molecule has 94 valence electrons. The van der Waals surface area contributed by atoms with Gasteiger partial charge in [0.05, 0.1) is 6.10 Å². The molecule has 0 bridgehead atoms. The van der Waals surface area contributed by atoms with Crippen LogP contribution in [0.3, 0.4) is 0 Å². The Labute approximate surface area is 104 Å². The third-order valence-corrected chi connectivity index (χ3v) is 3.44. The Morgan fingerprint density at radius 2 is 1.88 bits per heavy atom. The van der Waals surface area contributed by atoms with Crippen molar-refractivity contribution in [1.29, 1.82) is 0 Å². The highest BCUT2D eigenvalue weighted by Crippen LogP contribution is 2.28. The molecule has 1 fully saturated rings. The largest absolute Gasteiger partial charge is 0.491 e. The molecule has 2 heteroatoms. The lowest BCUT2D eigenvalue weighted by Crippen LogP contribution is -2.21. The lowest BCUT2D eigenvalue weighted by atomic mass is 10.1. The molecule has 2 unspecified atom stereocenters. The Morgan fingerprint density at radius 1 is 1.18 bits per heavy atom. The molecule has 1 aromatic carbocycles. The lowest BCUT2D eigenvalue weighted by molar-refractivity contribution is 0.242. The molecule has 0 heterocycles. The van der Waals surface area contributed by atoms with Crippen LogP contribution in [0, 0.1) is 5.92 Å². The van der Waals surface area contributed by atoms with Crippen LogP contribution < -0.4 is 10.1 Å². The Morgan fingerprint density at radius 3 is 2.41 bits per heavy atom. The van der Waals surface area contributed by atoms with Gasteiger partial charge in [0.2, 0.25) is 0 Å². The van der Waals surface area contributed by atoms with E-state index in [-0.39, 0.29) is 6.10 Å². The summed E-state index contributed by atoms with van der Waals surface area (Å²) in [5, 5.41) is 3.62. The molecule has 2 rings (SSSR count). The third kappa shape index (κ3) is 3.39. The first-order valence-electron chi connectivity index (χ1n) is 6.68. The smallest absolute Gasteiger partial charge is 0.119 e. The molecule has 2 nitrogen and oxygen atoms in total. The molecule has 2 atom stereocenters. The van der Waals surface area contributed by atoms with Gasteiger partial charge in [-0.25, -0.2) is 0 Å². The highest BCUT2D eigenvalue weighted by Gasteiger charge is 2.22. The van der Waals surface area contributed by atoms with E-state index in [1.54, 1.807) is 0 Å². The number of anilines is 1. The normalized spacial score (nSPS) is 24.0. The molecular formula is C15H23NO. The van der Waals surface area contributed by atoms with Gasteiger partial charge in [-0.15, -0.1) is 0 Å². The van der Waals surface area contributed by atoms with Crippen LogP contribution in [0.5, 0.6) is 5.75 Å². The van der Waals surface area contributed by atoms with E-state index >= 15 is 0 Å². The number of hydrogen-bond acceptors (Lipinski definition) is 2. The van der Waals surface area contributed by atoms with Crippen LogP contribution in [0.15, 0.2) is 24.3 Å². The van der Waals surface area contributed by atoms with Gasteiger partial charge in [0, 0.05) is 11.7 Å². The van der Waals surface area contributed by atoms with Crippen molar-refractivity contribution in [3.63, 3.8) is 0 Å². The molecule has 1 aromatic rings. The molecule has 17 heavy (non-hydrogen) atoms. The van der Waals surface area contributed by atoms with Crippen molar-refractivity contribution in [1.82, 2.24) is 0 Å². The van der Waals surface area contributed by atoms with Gasteiger partial charge in [0.1, 0.15) is 5.75 Å². The number of benzene rings is 1. The lowest BCUT2D eigenvalue weighted by Gasteiger charge is -2.19. The predicted octanol–water partition coefficient (Wildman–Crippen LogP) is 4.07. The Bertz CT molecular complexity index is 344.